The van der Waals surface area contributed by atoms with Crippen LogP contribution in [0.2, 0.25) is 0 Å². The van der Waals surface area contributed by atoms with Gasteiger partial charge in [-0.25, -0.2) is 4.79 Å². The Kier molecular flexibility index (Phi) is 9.70. The molecule has 0 saturated heterocycles. The minimum absolute atomic E-state index is 0.195. The van der Waals surface area contributed by atoms with Crippen LogP contribution in [0.15, 0.2) is 0 Å². The number of unbranched alkanes of at least 4 members (excludes halogenated alkanes) is 1. The normalized spacial score (nSPS) is 13.2. The second-order valence-corrected chi connectivity index (χ2v) is 7.11. The van der Waals surface area contributed by atoms with E-state index in [0.29, 0.717) is 18.7 Å². The molecule has 0 radical (unpaired) electrons. The lowest BCUT2D eigenvalue weighted by molar-refractivity contribution is -0.143. The molecule has 124 valence electrons. The fraction of sp³-hybridized carbons (Fsp3) is 0.867. The molecule has 0 saturated carbocycles. The van der Waals surface area contributed by atoms with Crippen molar-refractivity contribution in [3.05, 3.63) is 0 Å². The molecule has 6 heteroatoms. The summed E-state index contributed by atoms with van der Waals surface area (Å²) in [5.41, 5.74) is -0.602. The summed E-state index contributed by atoms with van der Waals surface area (Å²) in [7, 11) is 1.99. The predicted molar refractivity (Wildman–Crippen MR) is 88.8 cm³/mol. The fourth-order valence-electron chi connectivity index (χ4n) is 2.10. The number of nitrogens with zero attached hydrogens (tertiary/aromatic N) is 1. The summed E-state index contributed by atoms with van der Waals surface area (Å²) in [6.45, 7) is 7.42. The Balaban J connectivity index is 4.53. The number of carbonyl (C=O) groups excluding carboxylic acids is 1. The maximum Gasteiger partial charge on any atom is 0.326 e. The van der Waals surface area contributed by atoms with E-state index in [4.69, 9.17) is 0 Å². The van der Waals surface area contributed by atoms with Gasteiger partial charge in [-0.1, -0.05) is 13.3 Å². The third-order valence-electron chi connectivity index (χ3n) is 3.39. The van der Waals surface area contributed by atoms with E-state index in [2.05, 4.69) is 17.1 Å². The number of hydrogen-bond acceptors (Lipinski definition) is 4. The molecule has 0 fully saturated rings. The molecule has 0 aliphatic heterocycles. The highest BCUT2D eigenvalue weighted by atomic mass is 32.2. The van der Waals surface area contributed by atoms with Gasteiger partial charge in [0.2, 0.25) is 5.91 Å². The summed E-state index contributed by atoms with van der Waals surface area (Å²) in [4.78, 5) is 25.7. The molecule has 5 nitrogen and oxygen atoms in total. The average molecular weight is 318 g/mol. The van der Waals surface area contributed by atoms with Crippen LogP contribution in [0.25, 0.3) is 0 Å². The van der Waals surface area contributed by atoms with Crippen LogP contribution in [0.5, 0.6) is 0 Å². The number of rotatable bonds is 11. The second-order valence-electron chi connectivity index (χ2n) is 6.12. The van der Waals surface area contributed by atoms with Crippen molar-refractivity contribution in [2.45, 2.75) is 46.1 Å². The van der Waals surface area contributed by atoms with Crippen molar-refractivity contribution in [2.24, 2.45) is 5.41 Å². The molecule has 0 heterocycles. The first kappa shape index (κ1) is 20.2. The van der Waals surface area contributed by atoms with E-state index in [1.165, 1.54) is 0 Å². The molecule has 1 atom stereocenters. The summed E-state index contributed by atoms with van der Waals surface area (Å²) in [5, 5.41) is 11.9. The summed E-state index contributed by atoms with van der Waals surface area (Å²) < 4.78 is 0. The first-order valence-corrected chi connectivity index (χ1v) is 8.85. The van der Waals surface area contributed by atoms with Crippen LogP contribution in [0, 0.1) is 5.41 Å². The highest BCUT2D eigenvalue weighted by Crippen LogP contribution is 2.18. The maximum atomic E-state index is 12.3. The summed E-state index contributed by atoms with van der Waals surface area (Å²) in [6.07, 6.45) is 4.59. The van der Waals surface area contributed by atoms with Gasteiger partial charge in [0.25, 0.3) is 0 Å². The molecule has 2 N–H and O–H groups in total. The molecule has 0 aromatic rings. The minimum atomic E-state index is -0.965. The highest BCUT2D eigenvalue weighted by Gasteiger charge is 2.32. The predicted octanol–water partition coefficient (Wildman–Crippen LogP) is 2.07. The Bertz CT molecular complexity index is 335. The standard InChI is InChI=1S/C15H30N2O3S/c1-6-7-9-17(4)11-15(2,3)14(20)16-12(13(18)19)8-10-21-5/h12H,6-11H2,1-5H3,(H,16,20)(H,18,19). The van der Waals surface area contributed by atoms with Crippen molar-refractivity contribution in [3.8, 4) is 0 Å². The van der Waals surface area contributed by atoms with Gasteiger partial charge in [0, 0.05) is 6.54 Å². The molecule has 1 unspecified atom stereocenters. The van der Waals surface area contributed by atoms with Crippen molar-refractivity contribution in [1.29, 1.82) is 0 Å². The van der Waals surface area contributed by atoms with Crippen molar-refractivity contribution < 1.29 is 14.7 Å². The zero-order chi connectivity index (χ0) is 16.5. The number of thioether (sulfide) groups is 1. The number of amides is 1. The van der Waals surface area contributed by atoms with E-state index in [1.807, 2.05) is 27.2 Å². The third-order valence-corrected chi connectivity index (χ3v) is 4.03. The van der Waals surface area contributed by atoms with E-state index in [1.54, 1.807) is 11.8 Å². The molecule has 0 rings (SSSR count). The molecular weight excluding hydrogens is 288 g/mol. The summed E-state index contributed by atoms with van der Waals surface area (Å²) in [6, 6.07) is -0.801. The minimum Gasteiger partial charge on any atom is -0.480 e. The quantitative estimate of drug-likeness (QED) is 0.610. The van der Waals surface area contributed by atoms with Crippen molar-refractivity contribution in [2.75, 3.05) is 32.1 Å². The van der Waals surface area contributed by atoms with E-state index in [9.17, 15) is 14.7 Å². The zero-order valence-electron chi connectivity index (χ0n) is 13.9. The maximum absolute atomic E-state index is 12.3. The van der Waals surface area contributed by atoms with E-state index in [-0.39, 0.29) is 5.91 Å². The van der Waals surface area contributed by atoms with Crippen LogP contribution >= 0.6 is 11.8 Å². The Hall–Kier alpha value is -0.750. The van der Waals surface area contributed by atoms with Crippen LogP contribution in [0.3, 0.4) is 0 Å². The Morgan fingerprint density at radius 2 is 2.00 bits per heavy atom. The van der Waals surface area contributed by atoms with E-state index in [0.717, 1.165) is 19.4 Å². The van der Waals surface area contributed by atoms with Crippen LogP contribution in [-0.4, -0.2) is 60.1 Å². The Morgan fingerprint density at radius 1 is 1.38 bits per heavy atom. The summed E-state index contributed by atoms with van der Waals surface area (Å²) in [5.74, 6) is -0.444. The molecule has 1 amide bonds. The van der Waals surface area contributed by atoms with Gasteiger partial charge in [-0.3, -0.25) is 4.79 Å². The van der Waals surface area contributed by atoms with Crippen LogP contribution in [0.4, 0.5) is 0 Å². The van der Waals surface area contributed by atoms with Crippen LogP contribution < -0.4 is 5.32 Å². The van der Waals surface area contributed by atoms with Gasteiger partial charge in [-0.15, -0.1) is 0 Å². The number of aliphatic carboxylic acids is 1. The van der Waals surface area contributed by atoms with Gasteiger partial charge in [0.05, 0.1) is 5.41 Å². The lowest BCUT2D eigenvalue weighted by Gasteiger charge is -2.30. The van der Waals surface area contributed by atoms with Crippen molar-refractivity contribution in [3.63, 3.8) is 0 Å². The molecule has 0 aliphatic carbocycles. The second kappa shape index (κ2) is 10.1. The lowest BCUT2D eigenvalue weighted by Crippen LogP contribution is -2.50. The van der Waals surface area contributed by atoms with Crippen LogP contribution in [-0.2, 0) is 9.59 Å². The summed E-state index contributed by atoms with van der Waals surface area (Å²) >= 11 is 1.58. The molecule has 0 aromatic heterocycles. The van der Waals surface area contributed by atoms with Crippen LogP contribution in [0.1, 0.15) is 40.0 Å². The molecular formula is C15H30N2O3S. The topological polar surface area (TPSA) is 69.6 Å². The largest absolute Gasteiger partial charge is 0.480 e. The van der Waals surface area contributed by atoms with Crippen molar-refractivity contribution >= 4 is 23.6 Å². The molecule has 0 bridgehead atoms. The van der Waals surface area contributed by atoms with Crippen molar-refractivity contribution in [1.82, 2.24) is 10.2 Å². The first-order valence-electron chi connectivity index (χ1n) is 7.45. The molecule has 21 heavy (non-hydrogen) atoms. The molecule has 0 aliphatic rings. The van der Waals surface area contributed by atoms with E-state index >= 15 is 0 Å². The number of carbonyl (C=O) groups is 2. The molecule has 0 aromatic carbocycles. The smallest absolute Gasteiger partial charge is 0.326 e. The Labute approximate surface area is 132 Å². The number of carboxylic acids is 1. The number of carboxylic acid groups (broad SMARTS) is 1. The Morgan fingerprint density at radius 3 is 2.48 bits per heavy atom. The highest BCUT2D eigenvalue weighted by molar-refractivity contribution is 7.98. The van der Waals surface area contributed by atoms with Gasteiger partial charge in [-0.05, 0) is 52.3 Å². The monoisotopic (exact) mass is 318 g/mol. The van der Waals surface area contributed by atoms with Gasteiger partial charge < -0.3 is 15.3 Å². The average Bonchev–Trinajstić information content (AvgIpc) is 2.39. The third kappa shape index (κ3) is 8.31. The molecule has 0 spiro atoms. The number of nitrogens with one attached hydrogen (secondary N) is 1. The van der Waals surface area contributed by atoms with Gasteiger partial charge >= 0.3 is 5.97 Å². The zero-order valence-corrected chi connectivity index (χ0v) is 14.8. The number of hydrogen-bond donors (Lipinski definition) is 2. The SMILES string of the molecule is CCCCN(C)CC(C)(C)C(=O)NC(CCSC)C(=O)O. The van der Waals surface area contributed by atoms with Gasteiger partial charge in [0.15, 0.2) is 0 Å². The lowest BCUT2D eigenvalue weighted by atomic mass is 9.91. The van der Waals surface area contributed by atoms with E-state index < -0.39 is 17.4 Å². The van der Waals surface area contributed by atoms with Gasteiger partial charge in [-0.2, -0.15) is 11.8 Å². The fourth-order valence-corrected chi connectivity index (χ4v) is 2.57. The van der Waals surface area contributed by atoms with Gasteiger partial charge in [0.1, 0.15) is 6.04 Å². The first-order chi connectivity index (χ1) is 9.74.